The second-order valence-corrected chi connectivity index (χ2v) is 6.24. The van der Waals surface area contributed by atoms with Crippen molar-refractivity contribution in [3.8, 4) is 5.75 Å². The van der Waals surface area contributed by atoms with Crippen LogP contribution in [0, 0.1) is 0 Å². The standard InChI is InChI=1S/C17H27N3O/c1-21-17-13-15(5-6-16(17)18)20-11-7-14(8-12-20)19-9-3-2-4-10-19/h5-6,13-14H,2-4,7-12,18H2,1H3. The van der Waals surface area contributed by atoms with Crippen molar-refractivity contribution in [1.29, 1.82) is 0 Å². The summed E-state index contributed by atoms with van der Waals surface area (Å²) < 4.78 is 5.33. The van der Waals surface area contributed by atoms with Gasteiger partial charge in [0.2, 0.25) is 0 Å². The molecule has 3 rings (SSSR count). The van der Waals surface area contributed by atoms with Gasteiger partial charge < -0.3 is 20.3 Å². The van der Waals surface area contributed by atoms with Crippen LogP contribution in [0.4, 0.5) is 11.4 Å². The Balaban J connectivity index is 1.60. The van der Waals surface area contributed by atoms with Gasteiger partial charge >= 0.3 is 0 Å². The Kier molecular flexibility index (Phi) is 4.54. The normalized spacial score (nSPS) is 21.5. The molecule has 4 heteroatoms. The second kappa shape index (κ2) is 6.56. The molecule has 2 fully saturated rings. The zero-order valence-corrected chi connectivity index (χ0v) is 13.1. The van der Waals surface area contributed by atoms with E-state index in [2.05, 4.69) is 21.9 Å². The largest absolute Gasteiger partial charge is 0.495 e. The summed E-state index contributed by atoms with van der Waals surface area (Å²) in [5, 5.41) is 0. The van der Waals surface area contributed by atoms with Crippen LogP contribution in [-0.4, -0.2) is 44.2 Å². The number of hydrogen-bond acceptors (Lipinski definition) is 4. The average molecular weight is 289 g/mol. The molecule has 2 N–H and O–H groups in total. The molecule has 1 aromatic carbocycles. The van der Waals surface area contributed by atoms with Crippen molar-refractivity contribution in [1.82, 2.24) is 4.90 Å². The van der Waals surface area contributed by atoms with Crippen LogP contribution in [0.3, 0.4) is 0 Å². The first-order chi connectivity index (χ1) is 10.3. The van der Waals surface area contributed by atoms with E-state index in [4.69, 9.17) is 10.5 Å². The zero-order chi connectivity index (χ0) is 14.7. The number of rotatable bonds is 3. The Morgan fingerprint density at radius 2 is 1.76 bits per heavy atom. The number of benzene rings is 1. The predicted molar refractivity (Wildman–Crippen MR) is 88.1 cm³/mol. The molecule has 0 unspecified atom stereocenters. The number of nitrogen functional groups attached to an aromatic ring is 1. The molecule has 0 amide bonds. The Morgan fingerprint density at radius 3 is 2.43 bits per heavy atom. The molecule has 4 nitrogen and oxygen atoms in total. The van der Waals surface area contributed by atoms with Gasteiger partial charge in [-0.1, -0.05) is 6.42 Å². The van der Waals surface area contributed by atoms with Gasteiger partial charge in [-0.15, -0.1) is 0 Å². The first-order valence-electron chi connectivity index (χ1n) is 8.20. The van der Waals surface area contributed by atoms with Crippen LogP contribution < -0.4 is 15.4 Å². The van der Waals surface area contributed by atoms with Gasteiger partial charge in [0.15, 0.2) is 0 Å². The van der Waals surface area contributed by atoms with Crippen molar-refractivity contribution in [3.63, 3.8) is 0 Å². The van der Waals surface area contributed by atoms with Crippen LogP contribution in [0.15, 0.2) is 18.2 Å². The van der Waals surface area contributed by atoms with Crippen LogP contribution in [0.1, 0.15) is 32.1 Å². The fraction of sp³-hybridized carbons (Fsp3) is 0.647. The molecule has 0 saturated carbocycles. The lowest BCUT2D eigenvalue weighted by atomic mass is 9.99. The molecule has 0 spiro atoms. The van der Waals surface area contributed by atoms with Crippen LogP contribution in [-0.2, 0) is 0 Å². The maximum Gasteiger partial charge on any atom is 0.143 e. The average Bonchev–Trinajstić information content (AvgIpc) is 2.56. The molecule has 0 atom stereocenters. The number of anilines is 2. The van der Waals surface area contributed by atoms with Gasteiger partial charge in [0, 0.05) is 30.9 Å². The maximum absolute atomic E-state index is 5.90. The monoisotopic (exact) mass is 289 g/mol. The molecule has 0 aliphatic carbocycles. The van der Waals surface area contributed by atoms with E-state index in [1.165, 1.54) is 50.9 Å². The highest BCUT2D eigenvalue weighted by atomic mass is 16.5. The summed E-state index contributed by atoms with van der Waals surface area (Å²) in [7, 11) is 1.68. The van der Waals surface area contributed by atoms with Crippen molar-refractivity contribution >= 4 is 11.4 Å². The lowest BCUT2D eigenvalue weighted by molar-refractivity contribution is 0.141. The molecule has 2 saturated heterocycles. The third kappa shape index (κ3) is 3.26. The van der Waals surface area contributed by atoms with Crippen molar-refractivity contribution in [2.24, 2.45) is 0 Å². The molecule has 2 aliphatic rings. The summed E-state index contributed by atoms with van der Waals surface area (Å²) in [4.78, 5) is 5.17. The van der Waals surface area contributed by atoms with E-state index in [1.807, 2.05) is 6.07 Å². The first kappa shape index (κ1) is 14.5. The number of piperidine rings is 2. The third-order valence-electron chi connectivity index (χ3n) is 4.95. The molecule has 21 heavy (non-hydrogen) atoms. The molecular formula is C17H27N3O. The van der Waals surface area contributed by atoms with Gasteiger partial charge in [0.1, 0.15) is 5.75 Å². The van der Waals surface area contributed by atoms with E-state index in [9.17, 15) is 0 Å². The van der Waals surface area contributed by atoms with E-state index in [1.54, 1.807) is 7.11 Å². The minimum atomic E-state index is 0.712. The van der Waals surface area contributed by atoms with Crippen LogP contribution in [0.25, 0.3) is 0 Å². The molecule has 0 aromatic heterocycles. The molecular weight excluding hydrogens is 262 g/mol. The van der Waals surface area contributed by atoms with Gasteiger partial charge in [-0.3, -0.25) is 0 Å². The van der Waals surface area contributed by atoms with Gasteiger partial charge in [-0.25, -0.2) is 0 Å². The second-order valence-electron chi connectivity index (χ2n) is 6.24. The molecule has 0 radical (unpaired) electrons. The van der Waals surface area contributed by atoms with Crippen molar-refractivity contribution < 1.29 is 4.74 Å². The number of nitrogens with zero attached hydrogens (tertiary/aromatic N) is 2. The van der Waals surface area contributed by atoms with Crippen LogP contribution >= 0.6 is 0 Å². The third-order valence-corrected chi connectivity index (χ3v) is 4.95. The smallest absolute Gasteiger partial charge is 0.143 e. The van der Waals surface area contributed by atoms with E-state index in [0.29, 0.717) is 5.69 Å². The fourth-order valence-electron chi connectivity index (χ4n) is 3.67. The highest BCUT2D eigenvalue weighted by Crippen LogP contribution is 2.30. The molecule has 2 heterocycles. The van der Waals surface area contributed by atoms with Gasteiger partial charge in [-0.2, -0.15) is 0 Å². The number of nitrogens with two attached hydrogens (primary N) is 1. The minimum absolute atomic E-state index is 0.712. The fourth-order valence-corrected chi connectivity index (χ4v) is 3.67. The van der Waals surface area contributed by atoms with E-state index in [-0.39, 0.29) is 0 Å². The highest BCUT2D eigenvalue weighted by Gasteiger charge is 2.25. The van der Waals surface area contributed by atoms with Crippen molar-refractivity contribution in [2.75, 3.05) is 43.9 Å². The molecule has 1 aromatic rings. The Hall–Kier alpha value is -1.42. The van der Waals surface area contributed by atoms with E-state index >= 15 is 0 Å². The molecule has 116 valence electrons. The Morgan fingerprint density at radius 1 is 1.05 bits per heavy atom. The summed E-state index contributed by atoms with van der Waals surface area (Å²) >= 11 is 0. The van der Waals surface area contributed by atoms with E-state index in [0.717, 1.165) is 24.9 Å². The zero-order valence-electron chi connectivity index (χ0n) is 13.1. The lowest BCUT2D eigenvalue weighted by Gasteiger charge is -2.41. The highest BCUT2D eigenvalue weighted by molar-refractivity contribution is 5.62. The Labute approximate surface area is 127 Å². The topological polar surface area (TPSA) is 41.7 Å². The Bertz CT molecular complexity index is 463. The number of hydrogen-bond donors (Lipinski definition) is 1. The first-order valence-corrected chi connectivity index (χ1v) is 8.20. The van der Waals surface area contributed by atoms with Crippen LogP contribution in [0.5, 0.6) is 5.75 Å². The van der Waals surface area contributed by atoms with E-state index < -0.39 is 0 Å². The minimum Gasteiger partial charge on any atom is -0.495 e. The SMILES string of the molecule is COc1cc(N2CCC(N3CCCCC3)CC2)ccc1N. The van der Waals surface area contributed by atoms with Crippen LogP contribution in [0.2, 0.25) is 0 Å². The summed E-state index contributed by atoms with van der Waals surface area (Å²) in [6.07, 6.45) is 6.73. The summed E-state index contributed by atoms with van der Waals surface area (Å²) in [6, 6.07) is 6.91. The maximum atomic E-state index is 5.90. The van der Waals surface area contributed by atoms with Gasteiger partial charge in [-0.05, 0) is 50.9 Å². The summed E-state index contributed by atoms with van der Waals surface area (Å²) in [5.74, 6) is 0.783. The quantitative estimate of drug-likeness (QED) is 0.869. The summed E-state index contributed by atoms with van der Waals surface area (Å²) in [6.45, 7) is 4.88. The predicted octanol–water partition coefficient (Wildman–Crippen LogP) is 2.73. The number of ether oxygens (including phenoxy) is 1. The lowest BCUT2D eigenvalue weighted by Crippen LogP contribution is -2.46. The van der Waals surface area contributed by atoms with Crippen molar-refractivity contribution in [3.05, 3.63) is 18.2 Å². The molecule has 2 aliphatic heterocycles. The molecule has 0 bridgehead atoms. The van der Waals surface area contributed by atoms with Gasteiger partial charge in [0.25, 0.3) is 0 Å². The number of likely N-dealkylation sites (tertiary alicyclic amines) is 1. The number of methoxy groups -OCH3 is 1. The van der Waals surface area contributed by atoms with Crippen molar-refractivity contribution in [2.45, 2.75) is 38.1 Å². The van der Waals surface area contributed by atoms with Gasteiger partial charge in [0.05, 0.1) is 12.8 Å². The summed E-state index contributed by atoms with van der Waals surface area (Å²) in [5.41, 5.74) is 7.85.